The first-order valence-electron chi connectivity index (χ1n) is 6.90. The van der Waals surface area contributed by atoms with Gasteiger partial charge in [0, 0.05) is 0 Å². The van der Waals surface area contributed by atoms with Crippen molar-refractivity contribution >= 4 is 0 Å². The van der Waals surface area contributed by atoms with E-state index < -0.39 is 11.6 Å². The Morgan fingerprint density at radius 2 is 1.24 bits per heavy atom. The maximum Gasteiger partial charge on any atom is 0.133 e. The molecule has 4 rings (SSSR count). The third-order valence-electron chi connectivity index (χ3n) is 4.08. The van der Waals surface area contributed by atoms with Crippen LogP contribution in [0.4, 0.5) is 8.78 Å². The Morgan fingerprint density at radius 1 is 0.619 bits per heavy atom. The molecule has 0 heterocycles. The molecule has 0 amide bonds. The molecule has 0 N–H and O–H groups in total. The molecule has 0 fully saturated rings. The molecule has 0 spiro atoms. The van der Waals surface area contributed by atoms with Crippen LogP contribution >= 0.6 is 0 Å². The summed E-state index contributed by atoms with van der Waals surface area (Å²) in [6.07, 6.45) is 0.718. The van der Waals surface area contributed by atoms with Gasteiger partial charge >= 0.3 is 0 Å². The van der Waals surface area contributed by atoms with E-state index in [-0.39, 0.29) is 5.56 Å². The fraction of sp³-hybridized carbons (Fsp3) is 0.0526. The summed E-state index contributed by atoms with van der Waals surface area (Å²) in [5.41, 5.74) is 5.16. The highest BCUT2D eigenvalue weighted by Crippen LogP contribution is 2.42. The van der Waals surface area contributed by atoms with Crippen LogP contribution in [0.2, 0.25) is 0 Å². The molecule has 1 aliphatic rings. The van der Waals surface area contributed by atoms with Crippen LogP contribution in [0.3, 0.4) is 0 Å². The fourth-order valence-electron chi connectivity index (χ4n) is 3.15. The number of halogens is 2. The van der Waals surface area contributed by atoms with Crippen LogP contribution in [-0.4, -0.2) is 0 Å². The SMILES string of the molecule is Fc1cccc(F)c1-c1cccc2c1Cc1ccccc1-2. The summed E-state index contributed by atoms with van der Waals surface area (Å²) in [6.45, 7) is 0. The van der Waals surface area contributed by atoms with Crippen LogP contribution in [-0.2, 0) is 6.42 Å². The second kappa shape index (κ2) is 4.52. The maximum absolute atomic E-state index is 14.1. The van der Waals surface area contributed by atoms with Gasteiger partial charge in [0.2, 0.25) is 0 Å². The summed E-state index contributed by atoms with van der Waals surface area (Å²) in [4.78, 5) is 0. The number of fused-ring (bicyclic) bond motifs is 3. The van der Waals surface area contributed by atoms with Gasteiger partial charge in [0.1, 0.15) is 11.6 Å². The quantitative estimate of drug-likeness (QED) is 0.449. The second-order valence-corrected chi connectivity index (χ2v) is 5.26. The van der Waals surface area contributed by atoms with Crippen LogP contribution in [0, 0.1) is 11.6 Å². The van der Waals surface area contributed by atoms with Crippen molar-refractivity contribution < 1.29 is 8.78 Å². The minimum Gasteiger partial charge on any atom is -0.206 e. The summed E-state index contributed by atoms with van der Waals surface area (Å²) < 4.78 is 28.2. The zero-order chi connectivity index (χ0) is 14.4. The molecule has 21 heavy (non-hydrogen) atoms. The third-order valence-corrected chi connectivity index (χ3v) is 4.08. The predicted octanol–water partition coefficient (Wildman–Crippen LogP) is 5.20. The van der Waals surface area contributed by atoms with Crippen LogP contribution in [0.15, 0.2) is 60.7 Å². The topological polar surface area (TPSA) is 0 Å². The van der Waals surface area contributed by atoms with Gasteiger partial charge in [-0.25, -0.2) is 8.78 Å². The van der Waals surface area contributed by atoms with Gasteiger partial charge in [-0.05, 0) is 46.4 Å². The number of hydrogen-bond donors (Lipinski definition) is 0. The van der Waals surface area contributed by atoms with E-state index >= 15 is 0 Å². The highest BCUT2D eigenvalue weighted by atomic mass is 19.1. The van der Waals surface area contributed by atoms with Gasteiger partial charge in [-0.1, -0.05) is 48.5 Å². The number of rotatable bonds is 1. The molecule has 0 saturated carbocycles. The van der Waals surface area contributed by atoms with Gasteiger partial charge in [-0.15, -0.1) is 0 Å². The van der Waals surface area contributed by atoms with Crippen molar-refractivity contribution in [2.24, 2.45) is 0 Å². The van der Waals surface area contributed by atoms with Gasteiger partial charge < -0.3 is 0 Å². The standard InChI is InChI=1S/C19H12F2/c20-17-9-4-10-18(21)19(17)15-8-3-7-14-13-6-2-1-5-12(13)11-16(14)15/h1-10H,11H2. The zero-order valence-electron chi connectivity index (χ0n) is 11.2. The molecule has 0 saturated heterocycles. The molecular weight excluding hydrogens is 266 g/mol. The van der Waals surface area contributed by atoms with E-state index in [0.29, 0.717) is 5.56 Å². The lowest BCUT2D eigenvalue weighted by atomic mass is 9.95. The molecule has 0 bridgehead atoms. The molecular formula is C19H12F2. The molecule has 1 aliphatic carbocycles. The first kappa shape index (κ1) is 12.3. The largest absolute Gasteiger partial charge is 0.206 e. The number of hydrogen-bond acceptors (Lipinski definition) is 0. The summed E-state index contributed by atoms with van der Waals surface area (Å²) in [7, 11) is 0. The predicted molar refractivity (Wildman–Crippen MR) is 80.0 cm³/mol. The Bertz CT molecular complexity index is 830. The van der Waals surface area contributed by atoms with E-state index in [9.17, 15) is 8.78 Å². The monoisotopic (exact) mass is 278 g/mol. The van der Waals surface area contributed by atoms with Gasteiger partial charge in [0.25, 0.3) is 0 Å². The molecule has 0 aliphatic heterocycles. The molecule has 2 heteroatoms. The minimum atomic E-state index is -0.514. The lowest BCUT2D eigenvalue weighted by molar-refractivity contribution is 0.589. The molecule has 0 aromatic heterocycles. The minimum absolute atomic E-state index is 0.0714. The summed E-state index contributed by atoms with van der Waals surface area (Å²) in [5, 5.41) is 0. The van der Waals surface area contributed by atoms with E-state index in [0.717, 1.165) is 23.1 Å². The van der Waals surface area contributed by atoms with Gasteiger partial charge in [-0.3, -0.25) is 0 Å². The van der Waals surface area contributed by atoms with Crippen molar-refractivity contribution in [1.82, 2.24) is 0 Å². The first-order chi connectivity index (χ1) is 10.3. The Morgan fingerprint density at radius 3 is 2.05 bits per heavy atom. The van der Waals surface area contributed by atoms with Crippen molar-refractivity contribution in [1.29, 1.82) is 0 Å². The first-order valence-corrected chi connectivity index (χ1v) is 6.90. The van der Waals surface area contributed by atoms with Gasteiger partial charge in [-0.2, -0.15) is 0 Å². The van der Waals surface area contributed by atoms with Crippen LogP contribution in [0.1, 0.15) is 11.1 Å². The van der Waals surface area contributed by atoms with E-state index in [2.05, 4.69) is 12.1 Å². The van der Waals surface area contributed by atoms with Crippen molar-refractivity contribution in [3.05, 3.63) is 83.4 Å². The van der Waals surface area contributed by atoms with E-state index in [1.54, 1.807) is 6.07 Å². The zero-order valence-corrected chi connectivity index (χ0v) is 11.2. The van der Waals surface area contributed by atoms with Crippen molar-refractivity contribution in [3.63, 3.8) is 0 Å². The molecule has 3 aromatic carbocycles. The molecule has 0 atom stereocenters. The highest BCUT2D eigenvalue weighted by molar-refractivity contribution is 5.84. The Balaban J connectivity index is 1.99. The summed E-state index contributed by atoms with van der Waals surface area (Å²) >= 11 is 0. The van der Waals surface area contributed by atoms with Crippen molar-refractivity contribution in [2.75, 3.05) is 0 Å². The van der Waals surface area contributed by atoms with Crippen LogP contribution in [0.25, 0.3) is 22.3 Å². The van der Waals surface area contributed by atoms with E-state index in [4.69, 9.17) is 0 Å². The fourth-order valence-corrected chi connectivity index (χ4v) is 3.15. The normalized spacial score (nSPS) is 12.1. The number of benzene rings is 3. The average Bonchev–Trinajstić information content (AvgIpc) is 2.87. The molecule has 0 radical (unpaired) electrons. The average molecular weight is 278 g/mol. The van der Waals surface area contributed by atoms with Crippen LogP contribution in [0.5, 0.6) is 0 Å². The Kier molecular flexibility index (Phi) is 2.64. The maximum atomic E-state index is 14.1. The Hall–Kier alpha value is -2.48. The summed E-state index contributed by atoms with van der Waals surface area (Å²) in [6, 6.07) is 17.8. The molecule has 0 nitrogen and oxygen atoms in total. The third kappa shape index (κ3) is 1.79. The van der Waals surface area contributed by atoms with Gasteiger partial charge in [0.05, 0.1) is 5.56 Å². The lowest BCUT2D eigenvalue weighted by Gasteiger charge is -2.10. The molecule has 3 aromatic rings. The Labute approximate surface area is 121 Å². The van der Waals surface area contributed by atoms with Crippen molar-refractivity contribution in [2.45, 2.75) is 6.42 Å². The van der Waals surface area contributed by atoms with Crippen molar-refractivity contribution in [3.8, 4) is 22.3 Å². The lowest BCUT2D eigenvalue weighted by Crippen LogP contribution is -1.94. The van der Waals surface area contributed by atoms with Crippen LogP contribution < -0.4 is 0 Å². The smallest absolute Gasteiger partial charge is 0.133 e. The molecule has 102 valence electrons. The highest BCUT2D eigenvalue weighted by Gasteiger charge is 2.23. The molecule has 0 unspecified atom stereocenters. The summed E-state index contributed by atoms with van der Waals surface area (Å²) in [5.74, 6) is -1.03. The van der Waals surface area contributed by atoms with E-state index in [1.165, 1.54) is 23.8 Å². The second-order valence-electron chi connectivity index (χ2n) is 5.26. The van der Waals surface area contributed by atoms with E-state index in [1.807, 2.05) is 24.3 Å². The van der Waals surface area contributed by atoms with Gasteiger partial charge in [0.15, 0.2) is 0 Å².